The number of amides is 2. The topological polar surface area (TPSA) is 41.6 Å². The molecular weight excluding hydrogens is 180 g/mol. The Labute approximate surface area is 87.1 Å². The van der Waals surface area contributed by atoms with Crippen LogP contribution in [0.3, 0.4) is 0 Å². The maximum absolute atomic E-state index is 11.6. The second-order valence-corrected chi connectivity index (χ2v) is 3.80. The Bertz CT molecular complexity index is 184. The van der Waals surface area contributed by atoms with Gasteiger partial charge in [-0.25, -0.2) is 4.79 Å². The Morgan fingerprint density at radius 1 is 1.57 bits per heavy atom. The zero-order valence-electron chi connectivity index (χ0n) is 9.08. The molecule has 1 N–H and O–H groups in total. The first-order chi connectivity index (χ1) is 6.74. The van der Waals surface area contributed by atoms with E-state index in [1.54, 1.807) is 0 Å². The number of carbonyl (C=O) groups is 1. The van der Waals surface area contributed by atoms with Gasteiger partial charge in [-0.2, -0.15) is 0 Å². The van der Waals surface area contributed by atoms with Crippen LogP contribution >= 0.6 is 0 Å². The summed E-state index contributed by atoms with van der Waals surface area (Å²) in [6.07, 6.45) is 1.10. The summed E-state index contributed by atoms with van der Waals surface area (Å²) < 4.78 is 5.17. The Morgan fingerprint density at radius 2 is 2.21 bits per heavy atom. The van der Waals surface area contributed by atoms with Crippen LogP contribution < -0.4 is 5.32 Å². The van der Waals surface area contributed by atoms with Gasteiger partial charge in [-0.15, -0.1) is 0 Å². The lowest BCUT2D eigenvalue weighted by atomic mass is 10.1. The Kier molecular flexibility index (Phi) is 4.73. The summed E-state index contributed by atoms with van der Waals surface area (Å²) in [5.74, 6) is 0.556. The van der Waals surface area contributed by atoms with Crippen LogP contribution in [0.5, 0.6) is 0 Å². The molecule has 1 rings (SSSR count). The van der Waals surface area contributed by atoms with Gasteiger partial charge in [0, 0.05) is 21.1 Å². The van der Waals surface area contributed by atoms with Gasteiger partial charge in [-0.05, 0) is 5.92 Å². The average molecular weight is 202 g/mol. The zero-order chi connectivity index (χ0) is 10.4. The number of nitrogens with zero attached hydrogens (tertiary/aromatic N) is 1. The summed E-state index contributed by atoms with van der Waals surface area (Å²) in [7, 11) is 0. The van der Waals surface area contributed by atoms with E-state index in [1.807, 2.05) is 4.90 Å². The molecule has 1 aliphatic rings. The lowest BCUT2D eigenvalue weighted by molar-refractivity contribution is 0.0530. The minimum Gasteiger partial charge on any atom is -0.378 e. The van der Waals surface area contributed by atoms with E-state index >= 15 is 0 Å². The lowest BCUT2D eigenvalue weighted by Gasteiger charge is -2.27. The third kappa shape index (κ3) is 3.54. The molecule has 4 heteroatoms. The molecule has 1 saturated heterocycles. The average Bonchev–Trinajstić information content (AvgIpc) is 2.26. The molecular formula is C10H22N2O2. The molecule has 1 atom stereocenters. The molecule has 0 aromatic rings. The van der Waals surface area contributed by atoms with Gasteiger partial charge in [-0.1, -0.05) is 20.3 Å². The van der Waals surface area contributed by atoms with E-state index < -0.39 is 0 Å². The predicted octanol–water partition coefficient (Wildman–Crippen LogP) is 1.32. The van der Waals surface area contributed by atoms with Crippen molar-refractivity contribution in [1.82, 2.24) is 10.2 Å². The first-order valence-corrected chi connectivity index (χ1v) is 5.34. The summed E-state index contributed by atoms with van der Waals surface area (Å²) in [6.45, 7) is 7.80. The van der Waals surface area contributed by atoms with Crippen LogP contribution in [0.15, 0.2) is 0 Å². The Balaban J connectivity index is 0.00000196. The van der Waals surface area contributed by atoms with Gasteiger partial charge in [0.2, 0.25) is 0 Å². The molecule has 1 unspecified atom stereocenters. The van der Waals surface area contributed by atoms with Crippen LogP contribution in [-0.2, 0) is 4.74 Å². The quantitative estimate of drug-likeness (QED) is 0.750. The van der Waals surface area contributed by atoms with Crippen molar-refractivity contribution in [2.24, 2.45) is 5.92 Å². The predicted molar refractivity (Wildman–Crippen MR) is 57.4 cm³/mol. The first-order valence-electron chi connectivity index (χ1n) is 5.34. The van der Waals surface area contributed by atoms with E-state index in [1.165, 1.54) is 0 Å². The van der Waals surface area contributed by atoms with E-state index in [0.717, 1.165) is 13.0 Å². The highest BCUT2D eigenvalue weighted by Crippen LogP contribution is 2.00. The molecule has 4 nitrogen and oxygen atoms in total. The minimum atomic E-state index is 0. The number of urea groups is 1. The van der Waals surface area contributed by atoms with Crippen LogP contribution in [-0.4, -0.2) is 43.8 Å². The van der Waals surface area contributed by atoms with Crippen LogP contribution in [0.2, 0.25) is 0 Å². The van der Waals surface area contributed by atoms with E-state index in [9.17, 15) is 4.79 Å². The minimum absolute atomic E-state index is 0. The molecule has 84 valence electrons. The van der Waals surface area contributed by atoms with Gasteiger partial charge in [0.1, 0.15) is 0 Å². The number of ether oxygens (including phenoxy) is 1. The molecule has 0 radical (unpaired) electrons. The molecule has 1 fully saturated rings. The number of carbonyl (C=O) groups excluding carboxylic acids is 1. The lowest BCUT2D eigenvalue weighted by Crippen LogP contribution is -2.47. The summed E-state index contributed by atoms with van der Waals surface area (Å²) >= 11 is 0. The molecule has 0 aromatic heterocycles. The highest BCUT2D eigenvalue weighted by atomic mass is 16.5. The monoisotopic (exact) mass is 202 g/mol. The van der Waals surface area contributed by atoms with Crippen molar-refractivity contribution >= 4 is 6.03 Å². The zero-order valence-corrected chi connectivity index (χ0v) is 9.08. The maximum Gasteiger partial charge on any atom is 0.317 e. The van der Waals surface area contributed by atoms with Gasteiger partial charge in [-0.3, -0.25) is 0 Å². The molecule has 14 heavy (non-hydrogen) atoms. The normalized spacial score (nSPS) is 19.1. The number of nitrogens with one attached hydrogen (secondary N) is 1. The van der Waals surface area contributed by atoms with Crippen LogP contribution in [0, 0.1) is 5.92 Å². The van der Waals surface area contributed by atoms with Crippen LogP contribution in [0.4, 0.5) is 4.79 Å². The van der Waals surface area contributed by atoms with Crippen LogP contribution in [0.25, 0.3) is 0 Å². The fourth-order valence-electron chi connectivity index (χ4n) is 1.28. The standard InChI is InChI=1S/C10H20N2O2.H2/c1-3-9(2)8-11-10(13)12-4-6-14-7-5-12;/h9H,3-8H2,1-2H3,(H,11,13);1H. The summed E-state index contributed by atoms with van der Waals surface area (Å²) in [5.41, 5.74) is 0. The van der Waals surface area contributed by atoms with Crippen molar-refractivity contribution in [2.45, 2.75) is 20.3 Å². The van der Waals surface area contributed by atoms with Gasteiger partial charge in [0.05, 0.1) is 13.2 Å². The fraction of sp³-hybridized carbons (Fsp3) is 0.900. The molecule has 1 aliphatic heterocycles. The maximum atomic E-state index is 11.6. The largest absolute Gasteiger partial charge is 0.378 e. The van der Waals surface area contributed by atoms with Gasteiger partial charge in [0.15, 0.2) is 0 Å². The number of rotatable bonds is 3. The summed E-state index contributed by atoms with van der Waals surface area (Å²) in [4.78, 5) is 13.4. The van der Waals surface area contributed by atoms with Crippen molar-refractivity contribution in [1.29, 1.82) is 0 Å². The van der Waals surface area contributed by atoms with Gasteiger partial charge < -0.3 is 15.0 Å². The SMILES string of the molecule is CCC(C)CNC(=O)N1CCOCC1.[HH]. The Hall–Kier alpha value is -0.770. The van der Waals surface area contributed by atoms with Gasteiger partial charge >= 0.3 is 6.03 Å². The first kappa shape index (κ1) is 11.3. The van der Waals surface area contributed by atoms with E-state index in [4.69, 9.17) is 4.74 Å². The van der Waals surface area contributed by atoms with Crippen LogP contribution in [0.1, 0.15) is 21.7 Å². The van der Waals surface area contributed by atoms with Crippen molar-refractivity contribution in [3.63, 3.8) is 0 Å². The molecule has 0 saturated carbocycles. The van der Waals surface area contributed by atoms with Crippen molar-refractivity contribution in [3.8, 4) is 0 Å². The molecule has 0 spiro atoms. The molecule has 0 aromatic carbocycles. The van der Waals surface area contributed by atoms with Crippen molar-refractivity contribution in [2.75, 3.05) is 32.8 Å². The molecule has 0 aliphatic carbocycles. The molecule has 0 bridgehead atoms. The van der Waals surface area contributed by atoms with Gasteiger partial charge in [0.25, 0.3) is 0 Å². The number of hydrogen-bond donors (Lipinski definition) is 1. The third-order valence-corrected chi connectivity index (χ3v) is 2.60. The van der Waals surface area contributed by atoms with Crippen molar-refractivity contribution in [3.05, 3.63) is 0 Å². The summed E-state index contributed by atoms with van der Waals surface area (Å²) in [5, 5.41) is 2.93. The highest BCUT2D eigenvalue weighted by molar-refractivity contribution is 5.74. The van der Waals surface area contributed by atoms with E-state index in [2.05, 4.69) is 19.2 Å². The third-order valence-electron chi connectivity index (χ3n) is 2.60. The fourth-order valence-corrected chi connectivity index (χ4v) is 1.28. The second kappa shape index (κ2) is 5.86. The van der Waals surface area contributed by atoms with E-state index in [-0.39, 0.29) is 7.46 Å². The van der Waals surface area contributed by atoms with Crippen molar-refractivity contribution < 1.29 is 11.0 Å². The highest BCUT2D eigenvalue weighted by Gasteiger charge is 2.16. The number of morpholine rings is 1. The molecule has 2 amide bonds. The Morgan fingerprint density at radius 3 is 2.79 bits per heavy atom. The van der Waals surface area contributed by atoms with E-state index in [0.29, 0.717) is 32.2 Å². The second-order valence-electron chi connectivity index (χ2n) is 3.80. The smallest absolute Gasteiger partial charge is 0.317 e. The number of hydrogen-bond acceptors (Lipinski definition) is 2. The molecule has 1 heterocycles. The summed E-state index contributed by atoms with van der Waals surface area (Å²) in [6, 6.07) is 0.0496.